The number of rotatable bonds is 4. The number of imidazole rings is 1. The summed E-state index contributed by atoms with van der Waals surface area (Å²) in [5.74, 6) is 0.781. The molecule has 0 bridgehead atoms. The highest BCUT2D eigenvalue weighted by Crippen LogP contribution is 2.41. The summed E-state index contributed by atoms with van der Waals surface area (Å²) < 4.78 is 2.18. The van der Waals surface area contributed by atoms with Gasteiger partial charge in [-0.2, -0.15) is 0 Å². The Bertz CT molecular complexity index is 2890. The van der Waals surface area contributed by atoms with Crippen molar-refractivity contribution in [2.75, 3.05) is 0 Å². The lowest BCUT2D eigenvalue weighted by molar-refractivity contribution is 1.11. The molecule has 9 rings (SSSR count). The molecule has 0 aliphatic rings. The van der Waals surface area contributed by atoms with E-state index in [1.807, 2.05) is 84.9 Å². The van der Waals surface area contributed by atoms with E-state index in [-0.39, 0.29) is 43.7 Å². The highest BCUT2D eigenvalue weighted by molar-refractivity contribution is 6.71. The molecule has 0 saturated heterocycles. The zero-order chi connectivity index (χ0) is 36.7. The van der Waals surface area contributed by atoms with Crippen LogP contribution in [0.25, 0.3) is 82.7 Å². The first-order chi connectivity index (χ1) is 25.7. The van der Waals surface area contributed by atoms with E-state index < -0.39 is 0 Å². The van der Waals surface area contributed by atoms with Crippen LogP contribution in [-0.4, -0.2) is 72.3 Å². The molecule has 1 aromatic heterocycles. The largest absolute Gasteiger partial charge is 0.292 e. The quantitative estimate of drug-likeness (QED) is 0.210. The van der Waals surface area contributed by atoms with Crippen LogP contribution in [0.4, 0.5) is 0 Å². The summed E-state index contributed by atoms with van der Waals surface area (Å²) in [5.41, 5.74) is 8.40. The normalized spacial score (nSPS) is 11.6. The Morgan fingerprint density at radius 1 is 0.377 bits per heavy atom. The Balaban J connectivity index is 1.35. The van der Waals surface area contributed by atoms with Crippen molar-refractivity contribution >= 4 is 150 Å². The molecular weight excluding hydrogens is 631 g/mol. The molecule has 53 heavy (non-hydrogen) atoms. The van der Waals surface area contributed by atoms with Crippen LogP contribution in [0.5, 0.6) is 0 Å². The molecule has 10 heteroatoms. The Kier molecular flexibility index (Phi) is 7.93. The highest BCUT2D eigenvalue weighted by atomic mass is 15.1. The predicted octanol–water partition coefficient (Wildman–Crippen LogP) is 1.84. The molecule has 16 radical (unpaired) electrons. The molecule has 2 nitrogen and oxygen atoms in total. The summed E-state index contributed by atoms with van der Waals surface area (Å²) in [6.07, 6.45) is 0. The van der Waals surface area contributed by atoms with E-state index in [1.165, 1.54) is 0 Å². The van der Waals surface area contributed by atoms with Crippen LogP contribution in [0.15, 0.2) is 121 Å². The summed E-state index contributed by atoms with van der Waals surface area (Å²) in [6, 6.07) is 40.6. The monoisotopic (exact) mass is 652 g/mol. The molecule has 0 saturated carbocycles. The van der Waals surface area contributed by atoms with Crippen LogP contribution in [0.1, 0.15) is 0 Å². The van der Waals surface area contributed by atoms with Gasteiger partial charge in [-0.1, -0.05) is 119 Å². The van der Waals surface area contributed by atoms with Crippen LogP contribution in [0, 0.1) is 0 Å². The van der Waals surface area contributed by atoms with Gasteiger partial charge in [-0.15, -0.1) is 21.9 Å². The Morgan fingerprint density at radius 3 is 1.40 bits per heavy atom. The van der Waals surface area contributed by atoms with Gasteiger partial charge in [0, 0.05) is 11.3 Å². The number of hydrogen-bond acceptors (Lipinski definition) is 1. The maximum Gasteiger partial charge on any atom is 0.145 e. The van der Waals surface area contributed by atoms with Gasteiger partial charge in [0.2, 0.25) is 0 Å². The first kappa shape index (κ1) is 33.4. The number of benzene rings is 8. The molecule has 0 amide bonds. The molecule has 0 spiro atoms. The van der Waals surface area contributed by atoms with Crippen LogP contribution < -0.4 is 43.7 Å². The average Bonchev–Trinajstić information content (AvgIpc) is 3.59. The first-order valence-electron chi connectivity index (χ1n) is 17.1. The van der Waals surface area contributed by atoms with Crippen molar-refractivity contribution in [1.29, 1.82) is 0 Å². The minimum atomic E-state index is 0.172. The molecule has 1 heterocycles. The van der Waals surface area contributed by atoms with E-state index in [2.05, 4.69) is 41.0 Å². The SMILES string of the molecule is [B]c1c([B])c([B])c2c(-c3ccc(-c4nc5ccccc5n4-c4ccc5ccccc5c4)cc3)c3c([B])c([B])c([B])c([B])c3c(-c3ccccc3)c2c1[B]. The van der Waals surface area contributed by atoms with E-state index in [0.29, 0.717) is 32.7 Å². The Hall–Kier alpha value is -5.47. The highest BCUT2D eigenvalue weighted by Gasteiger charge is 2.25. The number of hydrogen-bond donors (Lipinski definition) is 0. The van der Waals surface area contributed by atoms with Crippen LogP contribution in [0.2, 0.25) is 0 Å². The van der Waals surface area contributed by atoms with E-state index in [1.54, 1.807) is 0 Å². The summed E-state index contributed by atoms with van der Waals surface area (Å²) in [6.45, 7) is 0. The fourth-order valence-electron chi connectivity index (χ4n) is 7.71. The van der Waals surface area contributed by atoms with Gasteiger partial charge >= 0.3 is 0 Å². The summed E-state index contributed by atoms with van der Waals surface area (Å²) in [5, 5.41) is 4.61. The van der Waals surface area contributed by atoms with Crippen LogP contribution in [-0.2, 0) is 0 Å². The summed E-state index contributed by atoms with van der Waals surface area (Å²) >= 11 is 0. The van der Waals surface area contributed by atoms with Crippen molar-refractivity contribution in [3.8, 4) is 39.3 Å². The Morgan fingerprint density at radius 2 is 0.830 bits per heavy atom. The molecule has 9 aromatic rings. The maximum atomic E-state index is 6.91. The third kappa shape index (κ3) is 5.02. The van der Waals surface area contributed by atoms with Crippen LogP contribution in [0.3, 0.4) is 0 Å². The third-order valence-corrected chi connectivity index (χ3v) is 10.4. The lowest BCUT2D eigenvalue weighted by Crippen LogP contribution is -2.50. The topological polar surface area (TPSA) is 17.8 Å². The fraction of sp³-hybridized carbons (Fsp3) is 0. The minimum Gasteiger partial charge on any atom is -0.292 e. The second-order valence-electron chi connectivity index (χ2n) is 13.3. The molecule has 0 aliphatic carbocycles. The van der Waals surface area contributed by atoms with Gasteiger partial charge in [-0.25, -0.2) is 4.98 Å². The van der Waals surface area contributed by atoms with Crippen molar-refractivity contribution in [3.05, 3.63) is 121 Å². The third-order valence-electron chi connectivity index (χ3n) is 10.4. The van der Waals surface area contributed by atoms with Gasteiger partial charge in [-0.3, -0.25) is 4.57 Å². The molecular formula is C43H20B8N2. The predicted molar refractivity (Wildman–Crippen MR) is 233 cm³/mol. The maximum absolute atomic E-state index is 6.91. The lowest BCUT2D eigenvalue weighted by Gasteiger charge is -2.28. The minimum absolute atomic E-state index is 0.172. The van der Waals surface area contributed by atoms with Crippen LogP contribution >= 0.6 is 0 Å². The number of fused-ring (bicyclic) bond motifs is 4. The number of para-hydroxylation sites is 2. The second-order valence-corrected chi connectivity index (χ2v) is 13.3. The van der Waals surface area contributed by atoms with Gasteiger partial charge < -0.3 is 0 Å². The molecule has 0 unspecified atom stereocenters. The smallest absolute Gasteiger partial charge is 0.145 e. The first-order valence-corrected chi connectivity index (χ1v) is 17.1. The number of nitrogens with zero attached hydrogens (tertiary/aromatic N) is 2. The summed E-state index contributed by atoms with van der Waals surface area (Å²) in [7, 11) is 53.7. The van der Waals surface area contributed by atoms with Gasteiger partial charge in [-0.05, 0) is 78.8 Å². The van der Waals surface area contributed by atoms with Crippen molar-refractivity contribution in [1.82, 2.24) is 9.55 Å². The number of aromatic nitrogens is 2. The van der Waals surface area contributed by atoms with Gasteiger partial charge in [0.15, 0.2) is 0 Å². The average molecular weight is 651 g/mol. The van der Waals surface area contributed by atoms with Crippen molar-refractivity contribution in [2.45, 2.75) is 0 Å². The molecule has 0 atom stereocenters. The zero-order valence-electron chi connectivity index (χ0n) is 28.6. The van der Waals surface area contributed by atoms with E-state index in [0.717, 1.165) is 50.0 Å². The van der Waals surface area contributed by atoms with E-state index >= 15 is 0 Å². The van der Waals surface area contributed by atoms with Crippen molar-refractivity contribution in [2.24, 2.45) is 0 Å². The second kappa shape index (κ2) is 12.6. The fourth-order valence-corrected chi connectivity index (χ4v) is 7.71. The van der Waals surface area contributed by atoms with E-state index in [4.69, 9.17) is 67.8 Å². The summed E-state index contributed by atoms with van der Waals surface area (Å²) in [4.78, 5) is 5.11. The van der Waals surface area contributed by atoms with Crippen molar-refractivity contribution < 1.29 is 0 Å². The standard InChI is InChI=1S/C43H20B8N2/c44-35-31-29(22-9-2-1-3-10-22)32-34(38(47)42(51)40(49)36(32)45)30(33(31)37(46)41(50)39(35)48)23-14-16-24(17-15-23)43-52-27-12-6-7-13-28(27)53(43)26-19-18-21-8-4-5-11-25(21)20-26/h1-20H. The van der Waals surface area contributed by atoms with Crippen molar-refractivity contribution in [3.63, 3.8) is 0 Å². The van der Waals surface area contributed by atoms with E-state index in [9.17, 15) is 0 Å². The van der Waals surface area contributed by atoms with Gasteiger partial charge in [0.05, 0.1) is 11.0 Å². The lowest BCUT2D eigenvalue weighted by atomic mass is 9.59. The van der Waals surface area contributed by atoms with Gasteiger partial charge in [0.25, 0.3) is 0 Å². The Labute approximate surface area is 318 Å². The zero-order valence-corrected chi connectivity index (χ0v) is 28.6. The molecule has 8 aromatic carbocycles. The molecule has 226 valence electrons. The molecule has 0 fully saturated rings. The van der Waals surface area contributed by atoms with Gasteiger partial charge in [0.1, 0.15) is 68.6 Å². The molecule has 0 aliphatic heterocycles. The molecule has 0 N–H and O–H groups in total.